The molecule has 5 nitrogen and oxygen atoms in total. The van der Waals surface area contributed by atoms with Gasteiger partial charge in [-0.25, -0.2) is 0 Å². The van der Waals surface area contributed by atoms with E-state index in [1.165, 1.54) is 0 Å². The average Bonchev–Trinajstić information content (AvgIpc) is 2.25. The quantitative estimate of drug-likeness (QED) is 0.675. The lowest BCUT2D eigenvalue weighted by Crippen LogP contribution is -2.58. The number of carbonyl (C=O) groups excluding carboxylic acids is 1. The van der Waals surface area contributed by atoms with E-state index in [4.69, 9.17) is 10.5 Å². The van der Waals surface area contributed by atoms with Crippen LogP contribution in [0.25, 0.3) is 0 Å². The molecule has 0 saturated carbocycles. The standard InChI is InChI=1S/C11H22N2O3/c1-11(2,3)9(12)10(15)13-4-5-16-7-8(13)6-14/h8-9,14H,4-7,12H2,1-3H3/t8?,9-/m1/s1. The topological polar surface area (TPSA) is 75.8 Å². The molecule has 0 radical (unpaired) electrons. The van der Waals surface area contributed by atoms with E-state index in [2.05, 4.69) is 0 Å². The first-order valence-electron chi connectivity index (χ1n) is 5.62. The van der Waals surface area contributed by atoms with E-state index in [1.54, 1.807) is 4.90 Å². The molecule has 0 aromatic carbocycles. The Bertz CT molecular complexity index is 250. The largest absolute Gasteiger partial charge is 0.394 e. The van der Waals surface area contributed by atoms with Crippen LogP contribution in [0.2, 0.25) is 0 Å². The van der Waals surface area contributed by atoms with Gasteiger partial charge in [0.2, 0.25) is 5.91 Å². The van der Waals surface area contributed by atoms with Crippen molar-refractivity contribution in [3.05, 3.63) is 0 Å². The van der Waals surface area contributed by atoms with Gasteiger partial charge in [0.15, 0.2) is 0 Å². The number of amides is 1. The summed E-state index contributed by atoms with van der Waals surface area (Å²) in [4.78, 5) is 13.8. The van der Waals surface area contributed by atoms with E-state index in [1.807, 2.05) is 20.8 Å². The molecule has 1 heterocycles. The third-order valence-corrected chi connectivity index (χ3v) is 2.92. The molecule has 0 bridgehead atoms. The zero-order valence-corrected chi connectivity index (χ0v) is 10.3. The lowest BCUT2D eigenvalue weighted by Gasteiger charge is -2.38. The molecule has 1 fully saturated rings. The number of nitrogens with two attached hydrogens (primary N) is 1. The van der Waals surface area contributed by atoms with E-state index in [0.717, 1.165) is 0 Å². The van der Waals surface area contributed by atoms with Gasteiger partial charge < -0.3 is 20.5 Å². The van der Waals surface area contributed by atoms with E-state index in [0.29, 0.717) is 19.8 Å². The number of morpholine rings is 1. The molecule has 2 atom stereocenters. The molecule has 0 aromatic rings. The highest BCUT2D eigenvalue weighted by Crippen LogP contribution is 2.20. The lowest BCUT2D eigenvalue weighted by atomic mass is 9.86. The number of ether oxygens (including phenoxy) is 1. The van der Waals surface area contributed by atoms with E-state index in [-0.39, 0.29) is 24.0 Å². The third-order valence-electron chi connectivity index (χ3n) is 2.92. The zero-order valence-electron chi connectivity index (χ0n) is 10.3. The van der Waals surface area contributed by atoms with Crippen molar-refractivity contribution in [3.63, 3.8) is 0 Å². The minimum absolute atomic E-state index is 0.0808. The highest BCUT2D eigenvalue weighted by atomic mass is 16.5. The van der Waals surface area contributed by atoms with Crippen molar-refractivity contribution in [2.24, 2.45) is 11.1 Å². The predicted octanol–water partition coefficient (Wildman–Crippen LogP) is -0.420. The summed E-state index contributed by atoms with van der Waals surface area (Å²) in [6.07, 6.45) is 0. The molecule has 0 aromatic heterocycles. The summed E-state index contributed by atoms with van der Waals surface area (Å²) >= 11 is 0. The highest BCUT2D eigenvalue weighted by molar-refractivity contribution is 5.82. The zero-order chi connectivity index (χ0) is 12.3. The van der Waals surface area contributed by atoms with Crippen molar-refractivity contribution in [2.45, 2.75) is 32.9 Å². The Labute approximate surface area is 96.6 Å². The van der Waals surface area contributed by atoms with Crippen LogP contribution in [0.1, 0.15) is 20.8 Å². The van der Waals surface area contributed by atoms with Gasteiger partial charge in [-0.2, -0.15) is 0 Å². The predicted molar refractivity (Wildman–Crippen MR) is 60.8 cm³/mol. The fourth-order valence-electron chi connectivity index (χ4n) is 1.65. The average molecular weight is 230 g/mol. The lowest BCUT2D eigenvalue weighted by molar-refractivity contribution is -0.145. The molecule has 1 aliphatic rings. The van der Waals surface area contributed by atoms with Crippen LogP contribution in [-0.2, 0) is 9.53 Å². The number of nitrogens with zero attached hydrogens (tertiary/aromatic N) is 1. The summed E-state index contributed by atoms with van der Waals surface area (Å²) in [6, 6.07) is -0.797. The first-order chi connectivity index (χ1) is 7.38. The molecule has 1 rings (SSSR count). The van der Waals surface area contributed by atoms with Gasteiger partial charge in [-0.1, -0.05) is 20.8 Å². The minimum atomic E-state index is -0.542. The fraction of sp³-hybridized carbons (Fsp3) is 0.909. The number of rotatable bonds is 2. The Morgan fingerprint density at radius 2 is 2.25 bits per heavy atom. The molecule has 5 heteroatoms. The van der Waals surface area contributed by atoms with Crippen molar-refractivity contribution in [3.8, 4) is 0 Å². The Hall–Kier alpha value is -0.650. The molecule has 1 unspecified atom stereocenters. The van der Waals surface area contributed by atoms with Crippen LogP contribution < -0.4 is 5.73 Å². The van der Waals surface area contributed by atoms with E-state index >= 15 is 0 Å². The van der Waals surface area contributed by atoms with Gasteiger partial charge in [0.05, 0.1) is 31.9 Å². The second kappa shape index (κ2) is 5.12. The molecule has 1 saturated heterocycles. The number of hydrogen-bond acceptors (Lipinski definition) is 4. The minimum Gasteiger partial charge on any atom is -0.394 e. The first-order valence-corrected chi connectivity index (χ1v) is 5.62. The molecule has 16 heavy (non-hydrogen) atoms. The van der Waals surface area contributed by atoms with Crippen LogP contribution in [0.3, 0.4) is 0 Å². The third kappa shape index (κ3) is 2.93. The summed E-state index contributed by atoms with van der Waals surface area (Å²) in [7, 11) is 0. The van der Waals surface area contributed by atoms with Gasteiger partial charge in [0.25, 0.3) is 0 Å². The van der Waals surface area contributed by atoms with Gasteiger partial charge in [-0.3, -0.25) is 4.79 Å². The van der Waals surface area contributed by atoms with Crippen LogP contribution in [0.4, 0.5) is 0 Å². The van der Waals surface area contributed by atoms with Crippen molar-refractivity contribution in [1.82, 2.24) is 4.90 Å². The van der Waals surface area contributed by atoms with Crippen LogP contribution >= 0.6 is 0 Å². The van der Waals surface area contributed by atoms with Gasteiger partial charge in [0, 0.05) is 6.54 Å². The summed E-state index contributed by atoms with van der Waals surface area (Å²) in [5, 5.41) is 9.18. The van der Waals surface area contributed by atoms with E-state index in [9.17, 15) is 9.90 Å². The second-order valence-electron chi connectivity index (χ2n) is 5.29. The molecule has 0 aliphatic carbocycles. The molecule has 94 valence electrons. The Balaban J connectivity index is 2.71. The van der Waals surface area contributed by atoms with Crippen molar-refractivity contribution in [2.75, 3.05) is 26.4 Å². The Kier molecular flexibility index (Phi) is 4.29. The van der Waals surface area contributed by atoms with Crippen LogP contribution in [0.5, 0.6) is 0 Å². The SMILES string of the molecule is CC(C)(C)[C@H](N)C(=O)N1CCOCC1CO. The van der Waals surface area contributed by atoms with Crippen LogP contribution in [0.15, 0.2) is 0 Å². The van der Waals surface area contributed by atoms with Gasteiger partial charge in [0.1, 0.15) is 0 Å². The molecular weight excluding hydrogens is 208 g/mol. The number of aliphatic hydroxyl groups is 1. The highest BCUT2D eigenvalue weighted by Gasteiger charge is 2.35. The smallest absolute Gasteiger partial charge is 0.240 e. The van der Waals surface area contributed by atoms with Gasteiger partial charge in [-0.15, -0.1) is 0 Å². The molecule has 3 N–H and O–H groups in total. The number of carbonyl (C=O) groups is 1. The first kappa shape index (κ1) is 13.4. The summed E-state index contributed by atoms with van der Waals surface area (Å²) in [6.45, 7) is 7.13. The number of hydrogen-bond donors (Lipinski definition) is 2. The van der Waals surface area contributed by atoms with Gasteiger partial charge >= 0.3 is 0 Å². The maximum atomic E-state index is 12.1. The maximum absolute atomic E-state index is 12.1. The maximum Gasteiger partial charge on any atom is 0.240 e. The van der Waals surface area contributed by atoms with Crippen molar-refractivity contribution in [1.29, 1.82) is 0 Å². The monoisotopic (exact) mass is 230 g/mol. The Morgan fingerprint density at radius 1 is 1.62 bits per heavy atom. The molecule has 1 aliphatic heterocycles. The Morgan fingerprint density at radius 3 is 2.75 bits per heavy atom. The molecule has 0 spiro atoms. The second-order valence-corrected chi connectivity index (χ2v) is 5.29. The number of aliphatic hydroxyl groups excluding tert-OH is 1. The summed E-state index contributed by atoms with van der Waals surface area (Å²) in [5.74, 6) is -0.102. The summed E-state index contributed by atoms with van der Waals surface area (Å²) < 4.78 is 5.22. The van der Waals surface area contributed by atoms with Crippen LogP contribution in [0, 0.1) is 5.41 Å². The van der Waals surface area contributed by atoms with E-state index < -0.39 is 6.04 Å². The summed E-state index contributed by atoms with van der Waals surface area (Å²) in [5.41, 5.74) is 5.66. The fourth-order valence-corrected chi connectivity index (χ4v) is 1.65. The normalized spacial score (nSPS) is 24.3. The van der Waals surface area contributed by atoms with Gasteiger partial charge in [-0.05, 0) is 5.41 Å². The van der Waals surface area contributed by atoms with Crippen LogP contribution in [-0.4, -0.2) is 54.4 Å². The molecule has 1 amide bonds. The van der Waals surface area contributed by atoms with Crippen molar-refractivity contribution < 1.29 is 14.6 Å². The molecular formula is C11H22N2O3. The van der Waals surface area contributed by atoms with Crippen molar-refractivity contribution >= 4 is 5.91 Å².